The van der Waals surface area contributed by atoms with E-state index in [0.717, 1.165) is 17.9 Å². The van der Waals surface area contributed by atoms with E-state index in [4.69, 9.17) is 4.74 Å². The number of carbonyl (C=O) groups excluding carboxylic acids is 1. The third kappa shape index (κ3) is 8.13. The fraction of sp³-hybridized carbons (Fsp3) is 0.400. The fourth-order valence-corrected chi connectivity index (χ4v) is 2.98. The zero-order valence-corrected chi connectivity index (χ0v) is 16.8. The van der Waals surface area contributed by atoms with Gasteiger partial charge in [0.25, 0.3) is 0 Å². The molecule has 0 saturated heterocycles. The summed E-state index contributed by atoms with van der Waals surface area (Å²) in [7, 11) is 1.39. The highest BCUT2D eigenvalue weighted by Gasteiger charge is 2.05. The summed E-state index contributed by atoms with van der Waals surface area (Å²) in [5.74, 6) is 1.20. The summed E-state index contributed by atoms with van der Waals surface area (Å²) in [6, 6.07) is 11.9. The number of rotatable bonds is 9. The Morgan fingerprint density at radius 3 is 2.63 bits per heavy atom. The average molecular weight is 390 g/mol. The van der Waals surface area contributed by atoms with Crippen molar-refractivity contribution in [3.05, 3.63) is 46.7 Å². The molecular weight excluding hydrogens is 362 g/mol. The standard InChI is InChI=1S/C20H27N3O3S/c1-15(2)26-17-8-6-16(7-9-17)23-20(22-13-11-19(24)25-3)21-12-10-18-5-4-14-27-18/h4-9,14-15H,10-13H2,1-3H3,(H2,21,22,23). The third-order valence-electron chi connectivity index (χ3n) is 3.55. The van der Waals surface area contributed by atoms with Gasteiger partial charge in [0.15, 0.2) is 5.96 Å². The van der Waals surface area contributed by atoms with E-state index in [-0.39, 0.29) is 18.5 Å². The Labute approximate surface area is 164 Å². The molecule has 0 atom stereocenters. The van der Waals surface area contributed by atoms with Crippen LogP contribution in [0.4, 0.5) is 5.69 Å². The Morgan fingerprint density at radius 2 is 2.00 bits per heavy atom. The van der Waals surface area contributed by atoms with E-state index in [9.17, 15) is 4.79 Å². The number of nitrogens with one attached hydrogen (secondary N) is 2. The zero-order valence-electron chi connectivity index (χ0n) is 16.0. The molecule has 0 amide bonds. The van der Waals surface area contributed by atoms with Crippen LogP contribution in [0.3, 0.4) is 0 Å². The van der Waals surface area contributed by atoms with Gasteiger partial charge in [-0.3, -0.25) is 9.79 Å². The minimum Gasteiger partial charge on any atom is -0.491 e. The predicted molar refractivity (Wildman–Crippen MR) is 111 cm³/mol. The third-order valence-corrected chi connectivity index (χ3v) is 4.48. The lowest BCUT2D eigenvalue weighted by molar-refractivity contribution is -0.140. The Morgan fingerprint density at radius 1 is 1.22 bits per heavy atom. The van der Waals surface area contributed by atoms with Crippen LogP contribution in [0.15, 0.2) is 46.8 Å². The Balaban J connectivity index is 1.95. The maximum absolute atomic E-state index is 11.3. The lowest BCUT2D eigenvalue weighted by Crippen LogP contribution is -2.33. The molecule has 1 aromatic carbocycles. The molecule has 0 aliphatic heterocycles. The van der Waals surface area contributed by atoms with Crippen molar-refractivity contribution in [1.29, 1.82) is 0 Å². The van der Waals surface area contributed by atoms with Crippen LogP contribution >= 0.6 is 11.3 Å². The van der Waals surface area contributed by atoms with Gasteiger partial charge in [-0.1, -0.05) is 6.07 Å². The molecule has 1 aromatic heterocycles. The van der Waals surface area contributed by atoms with Crippen molar-refractivity contribution in [2.24, 2.45) is 4.99 Å². The number of hydrogen-bond donors (Lipinski definition) is 2. The first-order valence-corrected chi connectivity index (χ1v) is 9.86. The maximum atomic E-state index is 11.3. The minimum atomic E-state index is -0.254. The van der Waals surface area contributed by atoms with Gasteiger partial charge < -0.3 is 20.1 Å². The van der Waals surface area contributed by atoms with Gasteiger partial charge in [0.2, 0.25) is 0 Å². The van der Waals surface area contributed by atoms with Crippen LogP contribution in [0.1, 0.15) is 25.1 Å². The number of carbonyl (C=O) groups is 1. The molecule has 1 heterocycles. The summed E-state index contributed by atoms with van der Waals surface area (Å²) in [5, 5.41) is 8.50. The van der Waals surface area contributed by atoms with E-state index in [1.54, 1.807) is 11.3 Å². The largest absolute Gasteiger partial charge is 0.491 e. The average Bonchev–Trinajstić information content (AvgIpc) is 3.16. The molecular formula is C20H27N3O3S. The second-order valence-corrected chi connectivity index (χ2v) is 7.16. The van der Waals surface area contributed by atoms with Gasteiger partial charge in [0.05, 0.1) is 19.6 Å². The summed E-state index contributed by atoms with van der Waals surface area (Å²) in [6.07, 6.45) is 1.30. The molecule has 2 aromatic rings. The molecule has 0 radical (unpaired) electrons. The number of benzene rings is 1. The summed E-state index contributed by atoms with van der Waals surface area (Å²) in [6.45, 7) is 5.10. The number of aliphatic imine (C=N–C) groups is 1. The second kappa shape index (κ2) is 11.2. The highest BCUT2D eigenvalue weighted by Crippen LogP contribution is 2.17. The number of anilines is 1. The van der Waals surface area contributed by atoms with Crippen molar-refractivity contribution in [3.63, 3.8) is 0 Å². The van der Waals surface area contributed by atoms with Gasteiger partial charge in [-0.05, 0) is 49.6 Å². The number of hydrogen-bond acceptors (Lipinski definition) is 5. The topological polar surface area (TPSA) is 72.0 Å². The number of ether oxygens (including phenoxy) is 2. The Hall–Kier alpha value is -2.54. The van der Waals surface area contributed by atoms with E-state index in [0.29, 0.717) is 19.0 Å². The van der Waals surface area contributed by atoms with Gasteiger partial charge in [-0.2, -0.15) is 0 Å². The van der Waals surface area contributed by atoms with Crippen molar-refractivity contribution in [1.82, 2.24) is 5.32 Å². The molecule has 0 aliphatic rings. The van der Waals surface area contributed by atoms with Crippen molar-refractivity contribution in [2.45, 2.75) is 32.8 Å². The first kappa shape index (κ1) is 20.8. The summed E-state index contributed by atoms with van der Waals surface area (Å²) in [4.78, 5) is 17.2. The number of guanidine groups is 1. The monoisotopic (exact) mass is 389 g/mol. The highest BCUT2D eigenvalue weighted by atomic mass is 32.1. The van der Waals surface area contributed by atoms with Crippen LogP contribution in [0, 0.1) is 0 Å². The van der Waals surface area contributed by atoms with Crippen LogP contribution in [0.2, 0.25) is 0 Å². The molecule has 0 fully saturated rings. The van der Waals surface area contributed by atoms with Gasteiger partial charge in [0.1, 0.15) is 5.75 Å². The van der Waals surface area contributed by atoms with E-state index in [2.05, 4.69) is 31.8 Å². The molecule has 6 nitrogen and oxygen atoms in total. The Bertz CT molecular complexity index is 713. The fourth-order valence-electron chi connectivity index (χ4n) is 2.28. The number of nitrogens with zero attached hydrogens (tertiary/aromatic N) is 1. The molecule has 0 saturated carbocycles. The van der Waals surface area contributed by atoms with Crippen molar-refractivity contribution in [3.8, 4) is 5.75 Å². The number of esters is 1. The van der Waals surface area contributed by atoms with Gasteiger partial charge in [-0.15, -0.1) is 11.3 Å². The molecule has 2 N–H and O–H groups in total. The maximum Gasteiger partial charge on any atom is 0.307 e. The lowest BCUT2D eigenvalue weighted by Gasteiger charge is -2.14. The van der Waals surface area contributed by atoms with E-state index < -0.39 is 0 Å². The van der Waals surface area contributed by atoms with Crippen LogP contribution in [0.25, 0.3) is 0 Å². The van der Waals surface area contributed by atoms with Gasteiger partial charge in [-0.25, -0.2) is 0 Å². The van der Waals surface area contributed by atoms with Gasteiger partial charge in [0, 0.05) is 30.1 Å². The van der Waals surface area contributed by atoms with Crippen LogP contribution in [-0.4, -0.2) is 38.2 Å². The van der Waals surface area contributed by atoms with E-state index in [1.807, 2.05) is 44.2 Å². The first-order valence-electron chi connectivity index (χ1n) is 8.98. The highest BCUT2D eigenvalue weighted by molar-refractivity contribution is 7.09. The van der Waals surface area contributed by atoms with Crippen LogP contribution in [-0.2, 0) is 16.0 Å². The van der Waals surface area contributed by atoms with Crippen LogP contribution < -0.4 is 15.4 Å². The quantitative estimate of drug-likeness (QED) is 0.389. The van der Waals surface area contributed by atoms with E-state index >= 15 is 0 Å². The summed E-state index contributed by atoms with van der Waals surface area (Å²) in [5.41, 5.74) is 0.895. The second-order valence-electron chi connectivity index (χ2n) is 6.13. The normalized spacial score (nSPS) is 11.3. The molecule has 7 heteroatoms. The lowest BCUT2D eigenvalue weighted by atomic mass is 10.3. The summed E-state index contributed by atoms with van der Waals surface area (Å²) >= 11 is 1.72. The SMILES string of the molecule is COC(=O)CCNC(=NCCc1cccs1)Nc1ccc(OC(C)C)cc1. The molecule has 0 spiro atoms. The predicted octanol–water partition coefficient (Wildman–Crippen LogP) is 3.70. The minimum absolute atomic E-state index is 0.137. The molecule has 0 bridgehead atoms. The molecule has 2 rings (SSSR count). The smallest absolute Gasteiger partial charge is 0.307 e. The molecule has 27 heavy (non-hydrogen) atoms. The zero-order chi connectivity index (χ0) is 19.5. The van der Waals surface area contributed by atoms with Crippen molar-refractivity contribution < 1.29 is 14.3 Å². The summed E-state index contributed by atoms with van der Waals surface area (Å²) < 4.78 is 10.3. The van der Waals surface area contributed by atoms with Crippen molar-refractivity contribution in [2.75, 3.05) is 25.5 Å². The Kier molecular flexibility index (Phi) is 8.64. The van der Waals surface area contributed by atoms with Gasteiger partial charge >= 0.3 is 5.97 Å². The molecule has 0 unspecified atom stereocenters. The van der Waals surface area contributed by atoms with Crippen LogP contribution in [0.5, 0.6) is 5.75 Å². The van der Waals surface area contributed by atoms with Crippen molar-refractivity contribution >= 4 is 29.0 Å². The number of thiophene rings is 1. The van der Waals surface area contributed by atoms with E-state index in [1.165, 1.54) is 12.0 Å². The molecule has 146 valence electrons. The first-order chi connectivity index (χ1) is 13.1. The number of methoxy groups -OCH3 is 1. The molecule has 0 aliphatic carbocycles.